The van der Waals surface area contributed by atoms with Crippen LogP contribution in [0.25, 0.3) is 0 Å². The van der Waals surface area contributed by atoms with E-state index in [-0.39, 0.29) is 4.90 Å². The van der Waals surface area contributed by atoms with E-state index in [0.29, 0.717) is 30.2 Å². The maximum atomic E-state index is 12.9. The summed E-state index contributed by atoms with van der Waals surface area (Å²) in [6, 6.07) is 12.3. The van der Waals surface area contributed by atoms with Gasteiger partial charge in [0.1, 0.15) is 5.75 Å². The lowest BCUT2D eigenvalue weighted by atomic mass is 10.2. The molecule has 0 atom stereocenters. The van der Waals surface area contributed by atoms with Crippen molar-refractivity contribution in [2.45, 2.75) is 11.8 Å². The van der Waals surface area contributed by atoms with Crippen LogP contribution < -0.4 is 14.4 Å². The van der Waals surface area contributed by atoms with Gasteiger partial charge in [0.05, 0.1) is 36.6 Å². The summed E-state index contributed by atoms with van der Waals surface area (Å²) in [6.45, 7) is 4.50. The summed E-state index contributed by atoms with van der Waals surface area (Å²) >= 11 is 0. The number of methoxy groups -OCH3 is 1. The zero-order valence-corrected chi connectivity index (χ0v) is 15.2. The van der Waals surface area contributed by atoms with E-state index in [0.717, 1.165) is 18.8 Å². The highest BCUT2D eigenvalue weighted by Crippen LogP contribution is 2.30. The smallest absolute Gasteiger partial charge is 0.262 e. The Morgan fingerprint density at radius 1 is 1.12 bits per heavy atom. The van der Waals surface area contributed by atoms with Gasteiger partial charge in [-0.2, -0.15) is 0 Å². The van der Waals surface area contributed by atoms with Crippen LogP contribution in [0.2, 0.25) is 0 Å². The van der Waals surface area contributed by atoms with Crippen LogP contribution in [0, 0.1) is 6.92 Å². The van der Waals surface area contributed by atoms with Gasteiger partial charge in [-0.05, 0) is 42.8 Å². The van der Waals surface area contributed by atoms with Crippen molar-refractivity contribution in [3.05, 3.63) is 48.0 Å². The molecule has 1 N–H and O–H groups in total. The van der Waals surface area contributed by atoms with E-state index in [1.807, 2.05) is 18.2 Å². The number of ether oxygens (including phenoxy) is 2. The van der Waals surface area contributed by atoms with Crippen LogP contribution >= 0.6 is 0 Å². The first kappa shape index (κ1) is 17.6. The summed E-state index contributed by atoms with van der Waals surface area (Å²) in [6.07, 6.45) is 0. The van der Waals surface area contributed by atoms with E-state index in [4.69, 9.17) is 9.47 Å². The van der Waals surface area contributed by atoms with Crippen molar-refractivity contribution < 1.29 is 17.9 Å². The Bertz CT molecular complexity index is 846. The first-order valence-corrected chi connectivity index (χ1v) is 9.59. The van der Waals surface area contributed by atoms with Gasteiger partial charge in [-0.25, -0.2) is 8.42 Å². The summed E-state index contributed by atoms with van der Waals surface area (Å²) in [5.74, 6) is 0.630. The molecule has 0 spiro atoms. The molecule has 0 aromatic heterocycles. The minimum atomic E-state index is -3.69. The highest BCUT2D eigenvalue weighted by atomic mass is 32.2. The molecule has 3 rings (SSSR count). The molecule has 0 amide bonds. The number of morpholine rings is 1. The first-order valence-electron chi connectivity index (χ1n) is 8.10. The van der Waals surface area contributed by atoms with Crippen molar-refractivity contribution in [2.24, 2.45) is 0 Å². The molecule has 0 bridgehead atoms. The third-order valence-electron chi connectivity index (χ3n) is 4.17. The molecule has 0 radical (unpaired) electrons. The Kier molecular flexibility index (Phi) is 5.15. The molecule has 1 fully saturated rings. The van der Waals surface area contributed by atoms with E-state index in [1.165, 1.54) is 0 Å². The van der Waals surface area contributed by atoms with Gasteiger partial charge < -0.3 is 14.4 Å². The zero-order chi connectivity index (χ0) is 17.9. The summed E-state index contributed by atoms with van der Waals surface area (Å²) in [5, 5.41) is 0. The molecule has 1 saturated heterocycles. The van der Waals surface area contributed by atoms with Gasteiger partial charge >= 0.3 is 0 Å². The van der Waals surface area contributed by atoms with Crippen molar-refractivity contribution in [1.82, 2.24) is 0 Å². The molecule has 134 valence electrons. The van der Waals surface area contributed by atoms with Crippen LogP contribution in [-0.2, 0) is 14.8 Å². The SMILES string of the molecule is COc1ccc(S(=O)(=O)Nc2ccccc2N2CCOCC2)c(C)c1. The van der Waals surface area contributed by atoms with Crippen LogP contribution in [0.4, 0.5) is 11.4 Å². The topological polar surface area (TPSA) is 67.9 Å². The van der Waals surface area contributed by atoms with E-state index in [2.05, 4.69) is 9.62 Å². The lowest BCUT2D eigenvalue weighted by Gasteiger charge is -2.30. The lowest BCUT2D eigenvalue weighted by molar-refractivity contribution is 0.123. The fraction of sp³-hybridized carbons (Fsp3) is 0.333. The highest BCUT2D eigenvalue weighted by molar-refractivity contribution is 7.92. The Morgan fingerprint density at radius 3 is 2.52 bits per heavy atom. The van der Waals surface area contributed by atoms with E-state index < -0.39 is 10.0 Å². The molecule has 2 aromatic carbocycles. The van der Waals surface area contributed by atoms with Gasteiger partial charge in [0.2, 0.25) is 0 Å². The van der Waals surface area contributed by atoms with Gasteiger partial charge in [-0.3, -0.25) is 4.72 Å². The number of benzene rings is 2. The van der Waals surface area contributed by atoms with Crippen LogP contribution in [0.5, 0.6) is 5.75 Å². The molecule has 1 aliphatic heterocycles. The molecule has 0 aliphatic carbocycles. The van der Waals surface area contributed by atoms with Crippen molar-refractivity contribution in [3.8, 4) is 5.75 Å². The minimum absolute atomic E-state index is 0.241. The van der Waals surface area contributed by atoms with Crippen molar-refractivity contribution in [3.63, 3.8) is 0 Å². The van der Waals surface area contributed by atoms with E-state index in [1.54, 1.807) is 38.3 Å². The Morgan fingerprint density at radius 2 is 1.84 bits per heavy atom. The molecule has 25 heavy (non-hydrogen) atoms. The maximum absolute atomic E-state index is 12.9. The van der Waals surface area contributed by atoms with E-state index in [9.17, 15) is 8.42 Å². The van der Waals surface area contributed by atoms with Crippen LogP contribution in [0.3, 0.4) is 0 Å². The van der Waals surface area contributed by atoms with Gasteiger partial charge in [0.15, 0.2) is 0 Å². The number of anilines is 2. The Balaban J connectivity index is 1.91. The average molecular weight is 362 g/mol. The molecular formula is C18H22N2O4S. The molecule has 1 aliphatic rings. The number of hydrogen-bond acceptors (Lipinski definition) is 5. The zero-order valence-electron chi connectivity index (χ0n) is 14.4. The fourth-order valence-corrected chi connectivity index (χ4v) is 4.19. The molecule has 1 heterocycles. The molecule has 7 heteroatoms. The Hall–Kier alpha value is -2.25. The highest BCUT2D eigenvalue weighted by Gasteiger charge is 2.21. The number of para-hydroxylation sites is 2. The summed E-state index contributed by atoms with van der Waals surface area (Å²) in [5.41, 5.74) is 2.07. The second-order valence-corrected chi connectivity index (χ2v) is 7.50. The third kappa shape index (κ3) is 3.88. The van der Waals surface area contributed by atoms with Gasteiger partial charge in [-0.15, -0.1) is 0 Å². The van der Waals surface area contributed by atoms with Crippen LogP contribution in [0.15, 0.2) is 47.4 Å². The number of aryl methyl sites for hydroxylation is 1. The van der Waals surface area contributed by atoms with Crippen molar-refractivity contribution >= 4 is 21.4 Å². The van der Waals surface area contributed by atoms with Gasteiger partial charge in [0, 0.05) is 13.1 Å². The monoisotopic (exact) mass is 362 g/mol. The lowest BCUT2D eigenvalue weighted by Crippen LogP contribution is -2.36. The second kappa shape index (κ2) is 7.33. The van der Waals surface area contributed by atoms with Crippen LogP contribution in [0.1, 0.15) is 5.56 Å². The maximum Gasteiger partial charge on any atom is 0.262 e. The third-order valence-corrected chi connectivity index (χ3v) is 5.70. The number of sulfonamides is 1. The molecule has 6 nitrogen and oxygen atoms in total. The molecule has 0 saturated carbocycles. The summed E-state index contributed by atoms with van der Waals surface area (Å²) < 4.78 is 39.0. The number of nitrogens with zero attached hydrogens (tertiary/aromatic N) is 1. The normalized spacial score (nSPS) is 15.0. The van der Waals surface area contributed by atoms with Crippen molar-refractivity contribution in [2.75, 3.05) is 43.0 Å². The Labute approximate surface area is 148 Å². The van der Waals surface area contributed by atoms with E-state index >= 15 is 0 Å². The van der Waals surface area contributed by atoms with Crippen molar-refractivity contribution in [1.29, 1.82) is 0 Å². The molecule has 2 aromatic rings. The number of rotatable bonds is 5. The first-order chi connectivity index (χ1) is 12.0. The predicted molar refractivity (Wildman–Crippen MR) is 98.0 cm³/mol. The fourth-order valence-electron chi connectivity index (χ4n) is 2.89. The average Bonchev–Trinajstić information content (AvgIpc) is 2.62. The second-order valence-electron chi connectivity index (χ2n) is 5.85. The molecule has 0 unspecified atom stereocenters. The van der Waals surface area contributed by atoms with Crippen LogP contribution in [-0.4, -0.2) is 41.8 Å². The standard InChI is InChI=1S/C18H22N2O4S/c1-14-13-15(23-2)7-8-18(14)25(21,22)19-16-5-3-4-6-17(16)20-9-11-24-12-10-20/h3-8,13,19H,9-12H2,1-2H3. The summed E-state index contributed by atoms with van der Waals surface area (Å²) in [4.78, 5) is 2.37. The molecular weight excluding hydrogens is 340 g/mol. The summed E-state index contributed by atoms with van der Waals surface area (Å²) in [7, 11) is -2.14. The number of hydrogen-bond donors (Lipinski definition) is 1. The number of nitrogens with one attached hydrogen (secondary N) is 1. The largest absolute Gasteiger partial charge is 0.497 e. The minimum Gasteiger partial charge on any atom is -0.497 e. The van der Waals surface area contributed by atoms with Gasteiger partial charge in [-0.1, -0.05) is 12.1 Å². The predicted octanol–water partition coefficient (Wildman–Crippen LogP) is 2.64. The quantitative estimate of drug-likeness (QED) is 0.886. The van der Waals surface area contributed by atoms with Gasteiger partial charge in [0.25, 0.3) is 10.0 Å².